The van der Waals surface area contributed by atoms with Gasteiger partial charge in [0.1, 0.15) is 0 Å². The van der Waals surface area contributed by atoms with Gasteiger partial charge in [-0.1, -0.05) is 6.07 Å². The molecule has 0 amide bonds. The normalized spacial score (nSPS) is 22.9. The molecule has 1 aliphatic heterocycles. The van der Waals surface area contributed by atoms with Gasteiger partial charge in [-0.15, -0.1) is 0 Å². The Balaban J connectivity index is 1.79. The summed E-state index contributed by atoms with van der Waals surface area (Å²) < 4.78 is 0. The number of rotatable bonds is 4. The number of aromatic nitrogens is 1. The van der Waals surface area contributed by atoms with Crippen LogP contribution in [0.4, 0.5) is 0 Å². The van der Waals surface area contributed by atoms with Crippen LogP contribution in [0.3, 0.4) is 0 Å². The standard InChI is InChI=1S/C12H19N3/c1-10(12-6-2-3-7-14-12)15-9-11-5-4-8-13-11/h2-3,6-7,10-11,13,15H,4-5,8-9H2,1H3/t10-,11-/m1/s1. The summed E-state index contributed by atoms with van der Waals surface area (Å²) in [5.41, 5.74) is 1.12. The van der Waals surface area contributed by atoms with Gasteiger partial charge in [0.05, 0.1) is 5.69 Å². The predicted molar refractivity (Wildman–Crippen MR) is 61.7 cm³/mol. The summed E-state index contributed by atoms with van der Waals surface area (Å²) in [6.45, 7) is 4.37. The molecule has 2 N–H and O–H groups in total. The van der Waals surface area contributed by atoms with Crippen molar-refractivity contribution in [3.63, 3.8) is 0 Å². The van der Waals surface area contributed by atoms with E-state index in [2.05, 4.69) is 28.6 Å². The lowest BCUT2D eigenvalue weighted by Gasteiger charge is -2.16. The van der Waals surface area contributed by atoms with E-state index in [9.17, 15) is 0 Å². The lowest BCUT2D eigenvalue weighted by Crippen LogP contribution is -2.35. The Morgan fingerprint density at radius 1 is 1.60 bits per heavy atom. The number of nitrogens with one attached hydrogen (secondary N) is 2. The van der Waals surface area contributed by atoms with Crippen molar-refractivity contribution in [3.05, 3.63) is 30.1 Å². The highest BCUT2D eigenvalue weighted by molar-refractivity contribution is 5.07. The van der Waals surface area contributed by atoms with Crippen LogP contribution in [0.25, 0.3) is 0 Å². The molecule has 1 aromatic heterocycles. The van der Waals surface area contributed by atoms with Gasteiger partial charge in [0.15, 0.2) is 0 Å². The van der Waals surface area contributed by atoms with Gasteiger partial charge in [-0.05, 0) is 38.4 Å². The van der Waals surface area contributed by atoms with Crippen LogP contribution in [0, 0.1) is 0 Å². The third kappa shape index (κ3) is 3.01. The van der Waals surface area contributed by atoms with Crippen LogP contribution in [-0.2, 0) is 0 Å². The Morgan fingerprint density at radius 2 is 2.53 bits per heavy atom. The maximum absolute atomic E-state index is 4.34. The van der Waals surface area contributed by atoms with Gasteiger partial charge in [-0.3, -0.25) is 4.98 Å². The second-order valence-corrected chi connectivity index (χ2v) is 4.18. The van der Waals surface area contributed by atoms with Gasteiger partial charge in [0.2, 0.25) is 0 Å². The maximum Gasteiger partial charge on any atom is 0.0570 e. The van der Waals surface area contributed by atoms with Crippen LogP contribution < -0.4 is 10.6 Å². The monoisotopic (exact) mass is 205 g/mol. The van der Waals surface area contributed by atoms with E-state index < -0.39 is 0 Å². The van der Waals surface area contributed by atoms with Crippen LogP contribution in [-0.4, -0.2) is 24.1 Å². The molecule has 0 radical (unpaired) electrons. The highest BCUT2D eigenvalue weighted by Crippen LogP contribution is 2.09. The minimum atomic E-state index is 0.341. The second kappa shape index (κ2) is 5.24. The third-order valence-electron chi connectivity index (χ3n) is 2.96. The fourth-order valence-corrected chi connectivity index (χ4v) is 1.99. The molecule has 0 spiro atoms. The molecule has 0 saturated carbocycles. The maximum atomic E-state index is 4.34. The highest BCUT2D eigenvalue weighted by Gasteiger charge is 2.15. The Hall–Kier alpha value is -0.930. The molecule has 1 saturated heterocycles. The van der Waals surface area contributed by atoms with Gasteiger partial charge in [-0.25, -0.2) is 0 Å². The summed E-state index contributed by atoms with van der Waals surface area (Å²) in [4.78, 5) is 4.34. The van der Waals surface area contributed by atoms with E-state index >= 15 is 0 Å². The number of nitrogens with zero attached hydrogens (tertiary/aromatic N) is 1. The summed E-state index contributed by atoms with van der Waals surface area (Å²) in [6.07, 6.45) is 4.45. The Labute approximate surface area is 91.3 Å². The van der Waals surface area contributed by atoms with Gasteiger partial charge in [-0.2, -0.15) is 0 Å². The SMILES string of the molecule is C[C@@H](NC[C@H]1CCCN1)c1ccccn1. The van der Waals surface area contributed by atoms with Gasteiger partial charge < -0.3 is 10.6 Å². The molecule has 2 rings (SSSR count). The zero-order valence-corrected chi connectivity index (χ0v) is 9.24. The molecular formula is C12H19N3. The molecule has 3 nitrogen and oxygen atoms in total. The first-order chi connectivity index (χ1) is 7.36. The van der Waals surface area contributed by atoms with Crippen molar-refractivity contribution >= 4 is 0 Å². The molecular weight excluding hydrogens is 186 g/mol. The summed E-state index contributed by atoms with van der Waals surface area (Å²) in [7, 11) is 0. The van der Waals surface area contributed by atoms with Crippen molar-refractivity contribution in [2.75, 3.05) is 13.1 Å². The first kappa shape index (κ1) is 10.6. The number of hydrogen-bond acceptors (Lipinski definition) is 3. The van der Waals surface area contributed by atoms with E-state index in [0.717, 1.165) is 12.2 Å². The van der Waals surface area contributed by atoms with Gasteiger partial charge >= 0.3 is 0 Å². The van der Waals surface area contributed by atoms with Crippen molar-refractivity contribution in [2.24, 2.45) is 0 Å². The molecule has 0 unspecified atom stereocenters. The Morgan fingerprint density at radius 3 is 3.20 bits per heavy atom. The van der Waals surface area contributed by atoms with Crippen molar-refractivity contribution in [3.8, 4) is 0 Å². The zero-order valence-electron chi connectivity index (χ0n) is 9.24. The Kier molecular flexibility index (Phi) is 3.69. The third-order valence-corrected chi connectivity index (χ3v) is 2.96. The molecule has 0 aromatic carbocycles. The minimum Gasteiger partial charge on any atom is -0.313 e. The van der Waals surface area contributed by atoms with E-state index in [-0.39, 0.29) is 0 Å². The second-order valence-electron chi connectivity index (χ2n) is 4.18. The van der Waals surface area contributed by atoms with Crippen LogP contribution in [0.15, 0.2) is 24.4 Å². The topological polar surface area (TPSA) is 37.0 Å². The fraction of sp³-hybridized carbons (Fsp3) is 0.583. The molecule has 1 aliphatic rings. The lowest BCUT2D eigenvalue weighted by atomic mass is 10.2. The van der Waals surface area contributed by atoms with Crippen LogP contribution in [0.1, 0.15) is 31.5 Å². The first-order valence-electron chi connectivity index (χ1n) is 5.74. The summed E-state index contributed by atoms with van der Waals surface area (Å²) in [5, 5.41) is 7.00. The summed E-state index contributed by atoms with van der Waals surface area (Å²) in [5.74, 6) is 0. The fourth-order valence-electron chi connectivity index (χ4n) is 1.99. The van der Waals surface area contributed by atoms with Crippen LogP contribution >= 0.6 is 0 Å². The molecule has 1 fully saturated rings. The van der Waals surface area contributed by atoms with Gasteiger partial charge in [0.25, 0.3) is 0 Å². The zero-order chi connectivity index (χ0) is 10.5. The van der Waals surface area contributed by atoms with Crippen LogP contribution in [0.2, 0.25) is 0 Å². The minimum absolute atomic E-state index is 0.341. The van der Waals surface area contributed by atoms with Crippen molar-refractivity contribution in [1.29, 1.82) is 0 Å². The highest BCUT2D eigenvalue weighted by atomic mass is 15.0. The molecule has 0 bridgehead atoms. The van der Waals surface area contributed by atoms with E-state index in [0.29, 0.717) is 12.1 Å². The quantitative estimate of drug-likeness (QED) is 0.782. The van der Waals surface area contributed by atoms with Crippen molar-refractivity contribution in [1.82, 2.24) is 15.6 Å². The lowest BCUT2D eigenvalue weighted by molar-refractivity contribution is 0.484. The molecule has 3 heteroatoms. The number of hydrogen-bond donors (Lipinski definition) is 2. The Bertz CT molecular complexity index is 280. The van der Waals surface area contributed by atoms with E-state index in [1.807, 2.05) is 18.3 Å². The molecule has 2 heterocycles. The largest absolute Gasteiger partial charge is 0.313 e. The molecule has 1 aromatic rings. The average Bonchev–Trinajstić information content (AvgIpc) is 2.80. The molecule has 0 aliphatic carbocycles. The van der Waals surface area contributed by atoms with E-state index in [1.54, 1.807) is 0 Å². The van der Waals surface area contributed by atoms with Crippen molar-refractivity contribution in [2.45, 2.75) is 31.8 Å². The first-order valence-corrected chi connectivity index (χ1v) is 5.74. The van der Waals surface area contributed by atoms with Gasteiger partial charge in [0, 0.05) is 24.8 Å². The summed E-state index contributed by atoms with van der Waals surface area (Å²) in [6, 6.07) is 7.05. The molecule has 2 atom stereocenters. The average molecular weight is 205 g/mol. The smallest absolute Gasteiger partial charge is 0.0570 e. The van der Waals surface area contributed by atoms with Crippen LogP contribution in [0.5, 0.6) is 0 Å². The predicted octanol–water partition coefficient (Wildman–Crippen LogP) is 1.48. The molecule has 82 valence electrons. The number of pyridine rings is 1. The molecule has 15 heavy (non-hydrogen) atoms. The summed E-state index contributed by atoms with van der Waals surface area (Å²) >= 11 is 0. The van der Waals surface area contributed by atoms with E-state index in [4.69, 9.17) is 0 Å². The van der Waals surface area contributed by atoms with Crippen molar-refractivity contribution < 1.29 is 0 Å². The van der Waals surface area contributed by atoms with E-state index in [1.165, 1.54) is 19.4 Å².